The zero-order chi connectivity index (χ0) is 20.4. The number of nitrogens with two attached hydrogens (primary N) is 1. The number of anilines is 1. The third-order valence-electron chi connectivity index (χ3n) is 3.83. The molecular weight excluding hydrogens is 362 g/mol. The van der Waals surface area contributed by atoms with E-state index in [1.54, 1.807) is 24.1 Å². The number of nitrogens with one attached hydrogen (secondary N) is 1. The Morgan fingerprint density at radius 1 is 1.07 bits per heavy atom. The molecule has 0 saturated heterocycles. The zero-order valence-electron chi connectivity index (χ0n) is 15.6. The second-order valence-electron chi connectivity index (χ2n) is 5.94. The number of nitrogens with zero attached hydrogens (tertiary/aromatic N) is 1. The Hall–Kier alpha value is -3.39. The summed E-state index contributed by atoms with van der Waals surface area (Å²) < 4.78 is 10.2. The third-order valence-corrected chi connectivity index (χ3v) is 3.83. The minimum absolute atomic E-state index is 0.200. The highest BCUT2D eigenvalue weighted by Gasteiger charge is 2.17. The molecule has 3 N–H and O–H groups in total. The molecule has 0 aliphatic carbocycles. The Bertz CT molecular complexity index is 810. The van der Waals surface area contributed by atoms with Gasteiger partial charge in [-0.3, -0.25) is 4.79 Å². The van der Waals surface area contributed by atoms with Gasteiger partial charge in [0, 0.05) is 25.9 Å². The quantitative estimate of drug-likeness (QED) is 0.642. The molecule has 28 heavy (non-hydrogen) atoms. The van der Waals surface area contributed by atoms with Crippen molar-refractivity contribution in [2.45, 2.75) is 6.54 Å². The van der Waals surface area contributed by atoms with Gasteiger partial charge in [0.2, 0.25) is 0 Å². The average Bonchev–Trinajstić information content (AvgIpc) is 2.69. The maximum Gasteiger partial charge on any atom is 0.338 e. The lowest BCUT2D eigenvalue weighted by Gasteiger charge is -2.22. The highest BCUT2D eigenvalue weighted by molar-refractivity contribution is 5.94. The van der Waals surface area contributed by atoms with Crippen LogP contribution in [0.1, 0.15) is 15.9 Å². The number of benzene rings is 2. The maximum absolute atomic E-state index is 12.5. The van der Waals surface area contributed by atoms with Crippen LogP contribution in [-0.2, 0) is 20.8 Å². The molecule has 0 saturated carbocycles. The number of amides is 3. The Morgan fingerprint density at radius 3 is 2.50 bits per heavy atom. The molecule has 2 aromatic carbocycles. The highest BCUT2D eigenvalue weighted by Crippen LogP contribution is 2.12. The zero-order valence-corrected chi connectivity index (χ0v) is 15.6. The number of carbonyl (C=O) groups is 3. The van der Waals surface area contributed by atoms with Gasteiger partial charge in [-0.2, -0.15) is 0 Å². The summed E-state index contributed by atoms with van der Waals surface area (Å²) in [7, 11) is 1.55. The number of hydrogen-bond donors (Lipinski definition) is 2. The van der Waals surface area contributed by atoms with Gasteiger partial charge in [-0.1, -0.05) is 36.4 Å². The first kappa shape index (κ1) is 20.9. The molecule has 0 aliphatic heterocycles. The first-order valence-electron chi connectivity index (χ1n) is 8.64. The fraction of sp³-hybridized carbons (Fsp3) is 0.250. The molecule has 8 heteroatoms. The summed E-state index contributed by atoms with van der Waals surface area (Å²) in [6, 6.07) is 14.9. The van der Waals surface area contributed by atoms with E-state index in [1.165, 1.54) is 12.1 Å². The third kappa shape index (κ3) is 6.73. The number of primary amides is 1. The van der Waals surface area contributed by atoms with Gasteiger partial charge in [0.05, 0.1) is 12.2 Å². The average molecular weight is 385 g/mol. The number of esters is 1. The molecule has 0 aliphatic rings. The van der Waals surface area contributed by atoms with E-state index in [2.05, 4.69) is 5.32 Å². The Kier molecular flexibility index (Phi) is 7.98. The fourth-order valence-electron chi connectivity index (χ4n) is 2.47. The van der Waals surface area contributed by atoms with Gasteiger partial charge in [-0.25, -0.2) is 9.59 Å². The monoisotopic (exact) mass is 385 g/mol. The molecule has 148 valence electrons. The summed E-state index contributed by atoms with van der Waals surface area (Å²) in [5.74, 6) is -1.01. The minimum atomic E-state index is -0.740. The van der Waals surface area contributed by atoms with Crippen molar-refractivity contribution in [3.05, 3.63) is 65.7 Å². The van der Waals surface area contributed by atoms with Gasteiger partial charge >= 0.3 is 12.0 Å². The molecule has 0 atom stereocenters. The van der Waals surface area contributed by atoms with E-state index in [0.717, 1.165) is 5.56 Å². The van der Waals surface area contributed by atoms with Crippen molar-refractivity contribution in [1.29, 1.82) is 0 Å². The Balaban J connectivity index is 1.97. The van der Waals surface area contributed by atoms with Crippen molar-refractivity contribution in [1.82, 2.24) is 4.90 Å². The number of ether oxygens (including phenoxy) is 2. The lowest BCUT2D eigenvalue weighted by Crippen LogP contribution is -2.36. The lowest BCUT2D eigenvalue weighted by atomic mass is 10.2. The molecule has 0 aromatic heterocycles. The predicted molar refractivity (Wildman–Crippen MR) is 104 cm³/mol. The number of carbonyl (C=O) groups excluding carboxylic acids is 3. The smallest absolute Gasteiger partial charge is 0.338 e. The van der Waals surface area contributed by atoms with Crippen molar-refractivity contribution in [2.24, 2.45) is 5.73 Å². The van der Waals surface area contributed by atoms with E-state index in [9.17, 15) is 14.4 Å². The van der Waals surface area contributed by atoms with Crippen LogP contribution in [-0.4, -0.2) is 49.7 Å². The molecule has 3 amide bonds. The summed E-state index contributed by atoms with van der Waals surface area (Å²) in [6.45, 7) is 0.731. The van der Waals surface area contributed by atoms with Crippen LogP contribution in [0, 0.1) is 0 Å². The summed E-state index contributed by atoms with van der Waals surface area (Å²) in [6.07, 6.45) is 0. The van der Waals surface area contributed by atoms with Crippen LogP contribution in [0.25, 0.3) is 0 Å². The Labute approximate surface area is 163 Å². The predicted octanol–water partition coefficient (Wildman–Crippen LogP) is 2.01. The lowest BCUT2D eigenvalue weighted by molar-refractivity contribution is -0.135. The molecule has 2 rings (SSSR count). The molecule has 0 unspecified atom stereocenters. The van der Waals surface area contributed by atoms with Crippen LogP contribution in [0.15, 0.2) is 54.6 Å². The maximum atomic E-state index is 12.5. The largest absolute Gasteiger partial charge is 0.452 e. The van der Waals surface area contributed by atoms with Crippen molar-refractivity contribution in [3.8, 4) is 0 Å². The van der Waals surface area contributed by atoms with Crippen LogP contribution in [0.3, 0.4) is 0 Å². The molecule has 2 aromatic rings. The topological polar surface area (TPSA) is 111 Å². The summed E-state index contributed by atoms with van der Waals surface area (Å²) in [5, 5.41) is 2.38. The minimum Gasteiger partial charge on any atom is -0.452 e. The summed E-state index contributed by atoms with van der Waals surface area (Å²) in [4.78, 5) is 37.2. The SMILES string of the molecule is COCCN(Cc1ccccc1)C(=O)COC(=O)c1cccc(NC(N)=O)c1. The van der Waals surface area contributed by atoms with Crippen molar-refractivity contribution >= 4 is 23.6 Å². The van der Waals surface area contributed by atoms with Gasteiger partial charge in [0.1, 0.15) is 0 Å². The van der Waals surface area contributed by atoms with Gasteiger partial charge in [0.15, 0.2) is 6.61 Å². The van der Waals surface area contributed by atoms with Crippen LogP contribution < -0.4 is 11.1 Å². The van der Waals surface area contributed by atoms with Crippen LogP contribution >= 0.6 is 0 Å². The molecule has 8 nitrogen and oxygen atoms in total. The molecule has 0 bridgehead atoms. The second kappa shape index (κ2) is 10.7. The molecule has 0 fully saturated rings. The first-order valence-corrected chi connectivity index (χ1v) is 8.64. The fourth-order valence-corrected chi connectivity index (χ4v) is 2.47. The van der Waals surface area contributed by atoms with Crippen LogP contribution in [0.5, 0.6) is 0 Å². The van der Waals surface area contributed by atoms with Crippen molar-refractivity contribution in [3.63, 3.8) is 0 Å². The molecule has 0 radical (unpaired) electrons. The summed E-state index contributed by atoms with van der Waals surface area (Å²) >= 11 is 0. The standard InChI is InChI=1S/C20H23N3O5/c1-27-11-10-23(13-15-6-3-2-4-7-15)18(24)14-28-19(25)16-8-5-9-17(12-16)22-20(21)26/h2-9,12H,10-11,13-14H2,1H3,(H3,21,22,26). The number of methoxy groups -OCH3 is 1. The van der Waals surface area contributed by atoms with Crippen LogP contribution in [0.4, 0.5) is 10.5 Å². The van der Waals surface area contributed by atoms with E-state index in [1.807, 2.05) is 30.3 Å². The Morgan fingerprint density at radius 2 is 1.82 bits per heavy atom. The van der Waals surface area contributed by atoms with E-state index < -0.39 is 18.6 Å². The van der Waals surface area contributed by atoms with E-state index in [0.29, 0.717) is 25.4 Å². The van der Waals surface area contributed by atoms with Crippen molar-refractivity contribution in [2.75, 3.05) is 32.2 Å². The molecule has 0 spiro atoms. The van der Waals surface area contributed by atoms with Gasteiger partial charge in [-0.15, -0.1) is 0 Å². The number of rotatable bonds is 9. The summed E-state index contributed by atoms with van der Waals surface area (Å²) in [5.41, 5.74) is 6.58. The van der Waals surface area contributed by atoms with E-state index >= 15 is 0 Å². The van der Waals surface area contributed by atoms with Gasteiger partial charge < -0.3 is 25.4 Å². The molecule has 0 heterocycles. The number of urea groups is 1. The van der Waals surface area contributed by atoms with E-state index in [4.69, 9.17) is 15.2 Å². The first-order chi connectivity index (χ1) is 13.5. The molecular formula is C20H23N3O5. The second-order valence-corrected chi connectivity index (χ2v) is 5.94. The van der Waals surface area contributed by atoms with Gasteiger partial charge in [0.25, 0.3) is 5.91 Å². The van der Waals surface area contributed by atoms with Crippen LogP contribution in [0.2, 0.25) is 0 Å². The van der Waals surface area contributed by atoms with Gasteiger partial charge in [-0.05, 0) is 23.8 Å². The number of hydrogen-bond acceptors (Lipinski definition) is 5. The van der Waals surface area contributed by atoms with E-state index in [-0.39, 0.29) is 11.5 Å². The normalized spacial score (nSPS) is 10.2. The highest BCUT2D eigenvalue weighted by atomic mass is 16.5. The van der Waals surface area contributed by atoms with Crippen molar-refractivity contribution < 1.29 is 23.9 Å².